The first kappa shape index (κ1) is 23.6. The standard InChI is InChI=1S/C20H9Cl2F5N4O3/c21-12-7-10(5-6-11(12)20(25,26)27)29-14-13(15(32)16(14)33)28-9-3-1-8(2-4-9)17-30-18(34-31-17)19(22,23)24/h1-7,28-29H. The minimum absolute atomic E-state index is 0.0625. The largest absolute Gasteiger partial charge is 0.417 e. The number of nitrogens with one attached hydrogen (secondary N) is 2. The molecule has 0 atom stereocenters. The van der Waals surface area contributed by atoms with Crippen molar-refractivity contribution < 1.29 is 26.5 Å². The second kappa shape index (κ2) is 8.37. The Morgan fingerprint density at radius 2 is 1.41 bits per heavy atom. The summed E-state index contributed by atoms with van der Waals surface area (Å²) in [5.41, 5.74) is -2.39. The summed E-state index contributed by atoms with van der Waals surface area (Å²) >= 11 is 10.5. The average Bonchev–Trinajstić information content (AvgIpc) is 3.26. The highest BCUT2D eigenvalue weighted by atomic mass is 35.5. The monoisotopic (exact) mass is 518 g/mol. The third-order valence-corrected chi connectivity index (χ3v) is 5.01. The molecule has 0 amide bonds. The highest BCUT2D eigenvalue weighted by Gasteiger charge is 2.36. The van der Waals surface area contributed by atoms with Crippen molar-refractivity contribution in [2.24, 2.45) is 0 Å². The van der Waals surface area contributed by atoms with Crippen LogP contribution < -0.4 is 21.5 Å². The van der Waals surface area contributed by atoms with Gasteiger partial charge >= 0.3 is 17.4 Å². The molecular weight excluding hydrogens is 510 g/mol. The van der Waals surface area contributed by atoms with Gasteiger partial charge in [0.2, 0.25) is 5.82 Å². The first-order valence-electron chi connectivity index (χ1n) is 9.10. The van der Waals surface area contributed by atoms with E-state index in [9.17, 15) is 31.5 Å². The minimum Gasteiger partial charge on any atom is -0.350 e. The third-order valence-electron chi connectivity index (χ3n) is 4.54. The molecule has 0 saturated carbocycles. The molecule has 0 unspecified atom stereocenters. The van der Waals surface area contributed by atoms with Gasteiger partial charge < -0.3 is 15.2 Å². The van der Waals surface area contributed by atoms with Gasteiger partial charge in [-0.3, -0.25) is 9.59 Å². The number of anilines is 4. The molecule has 1 aromatic heterocycles. The summed E-state index contributed by atoms with van der Waals surface area (Å²) in [5.74, 6) is -1.23. The molecule has 0 bridgehead atoms. The molecule has 0 aliphatic carbocycles. The van der Waals surface area contributed by atoms with Crippen LogP contribution in [0.3, 0.4) is 0 Å². The van der Waals surface area contributed by atoms with E-state index in [1.54, 1.807) is 0 Å². The van der Waals surface area contributed by atoms with E-state index >= 15 is 0 Å². The van der Waals surface area contributed by atoms with Crippen LogP contribution >= 0.6 is 23.2 Å². The molecule has 0 radical (unpaired) electrons. The molecule has 4 aromatic rings. The number of alkyl halides is 6. The van der Waals surface area contributed by atoms with Gasteiger partial charge in [0.25, 0.3) is 10.9 Å². The van der Waals surface area contributed by atoms with Crippen LogP contribution in [-0.2, 0) is 11.6 Å². The molecule has 0 spiro atoms. The summed E-state index contributed by atoms with van der Waals surface area (Å²) in [4.78, 5) is 27.5. The van der Waals surface area contributed by atoms with E-state index in [-0.39, 0.29) is 22.9 Å². The summed E-state index contributed by atoms with van der Waals surface area (Å²) in [6, 6.07) is 8.53. The van der Waals surface area contributed by atoms with Crippen LogP contribution in [0.2, 0.25) is 5.02 Å². The van der Waals surface area contributed by atoms with Gasteiger partial charge in [0.05, 0.1) is 10.6 Å². The van der Waals surface area contributed by atoms with E-state index in [0.29, 0.717) is 11.3 Å². The Bertz CT molecular complexity index is 1440. The van der Waals surface area contributed by atoms with Gasteiger partial charge in [-0.15, -0.1) is 0 Å². The van der Waals surface area contributed by atoms with Gasteiger partial charge in [-0.2, -0.15) is 26.9 Å². The predicted molar refractivity (Wildman–Crippen MR) is 114 cm³/mol. The maximum atomic E-state index is 13.0. The molecule has 7 nitrogen and oxygen atoms in total. The fraction of sp³-hybridized carbons (Fsp3) is 0.100. The van der Waals surface area contributed by atoms with E-state index in [4.69, 9.17) is 23.2 Å². The van der Waals surface area contributed by atoms with E-state index in [1.165, 1.54) is 24.3 Å². The number of rotatable bonds is 6. The molecule has 0 fully saturated rings. The highest BCUT2D eigenvalue weighted by molar-refractivity contribution is 6.31. The Kier molecular flexibility index (Phi) is 5.82. The fourth-order valence-electron chi connectivity index (χ4n) is 2.90. The van der Waals surface area contributed by atoms with E-state index in [0.717, 1.165) is 18.2 Å². The Morgan fingerprint density at radius 1 is 0.853 bits per heavy atom. The number of nitrogens with zero attached hydrogens (tertiary/aromatic N) is 2. The zero-order valence-corrected chi connectivity index (χ0v) is 17.8. The van der Waals surface area contributed by atoms with Crippen molar-refractivity contribution in [2.45, 2.75) is 11.6 Å². The normalized spacial score (nSPS) is 12.2. The number of hydrogen-bond donors (Lipinski definition) is 2. The smallest absolute Gasteiger partial charge is 0.350 e. The molecule has 0 aliphatic heterocycles. The zero-order chi connectivity index (χ0) is 24.8. The number of hydrogen-bond acceptors (Lipinski definition) is 7. The van der Waals surface area contributed by atoms with Crippen molar-refractivity contribution in [1.82, 2.24) is 10.1 Å². The van der Waals surface area contributed by atoms with Crippen LogP contribution in [0.4, 0.5) is 44.7 Å². The molecule has 176 valence electrons. The molecule has 1 heterocycles. The average molecular weight is 519 g/mol. The Hall–Kier alpha value is -3.51. The molecule has 2 N–H and O–H groups in total. The lowest BCUT2D eigenvalue weighted by atomic mass is 10.1. The summed E-state index contributed by atoms with van der Waals surface area (Å²) in [5, 5.41) is 4.30. The molecule has 14 heteroatoms. The second-order valence-electron chi connectivity index (χ2n) is 6.85. The fourth-order valence-corrected chi connectivity index (χ4v) is 3.26. The maximum Gasteiger partial charge on any atom is 0.417 e. The van der Waals surface area contributed by atoms with Crippen LogP contribution in [-0.4, -0.2) is 10.1 Å². The van der Waals surface area contributed by atoms with Crippen molar-refractivity contribution >= 4 is 46.0 Å². The minimum atomic E-state index is -4.65. The number of halogens is 7. The third kappa shape index (κ3) is 4.59. The molecule has 0 aliphatic rings. The number of aromatic nitrogens is 2. The van der Waals surface area contributed by atoms with Crippen molar-refractivity contribution in [1.29, 1.82) is 0 Å². The zero-order valence-electron chi connectivity index (χ0n) is 16.3. The Labute approximate surface area is 195 Å². The van der Waals surface area contributed by atoms with Gasteiger partial charge in [0, 0.05) is 16.9 Å². The van der Waals surface area contributed by atoms with Crippen molar-refractivity contribution in [3.63, 3.8) is 0 Å². The second-order valence-corrected chi connectivity index (χ2v) is 7.73. The number of benzene rings is 2. The lowest BCUT2D eigenvalue weighted by molar-refractivity contribution is -0.137. The Balaban J connectivity index is 1.52. The molecular formula is C20H9Cl2F5N4O3. The lowest BCUT2D eigenvalue weighted by Crippen LogP contribution is -2.35. The first-order valence-corrected chi connectivity index (χ1v) is 9.85. The van der Waals surface area contributed by atoms with E-state index in [2.05, 4.69) is 25.3 Å². The summed E-state index contributed by atoms with van der Waals surface area (Å²) < 4.78 is 69.0. The summed E-state index contributed by atoms with van der Waals surface area (Å²) in [7, 11) is 0. The predicted octanol–water partition coefficient (Wildman–Crippen LogP) is 5.78. The van der Waals surface area contributed by atoms with Crippen LogP contribution in [0.15, 0.2) is 56.6 Å². The van der Waals surface area contributed by atoms with E-state index in [1.807, 2.05) is 0 Å². The molecule has 4 rings (SSSR count). The Morgan fingerprint density at radius 3 is 1.91 bits per heavy atom. The van der Waals surface area contributed by atoms with Crippen LogP contribution in [0.5, 0.6) is 0 Å². The van der Waals surface area contributed by atoms with Gasteiger partial charge in [-0.1, -0.05) is 16.8 Å². The van der Waals surface area contributed by atoms with Gasteiger partial charge in [-0.25, -0.2) is 0 Å². The van der Waals surface area contributed by atoms with Crippen LogP contribution in [0, 0.1) is 0 Å². The quantitative estimate of drug-likeness (QED) is 0.189. The van der Waals surface area contributed by atoms with Crippen molar-refractivity contribution in [2.75, 3.05) is 10.6 Å². The van der Waals surface area contributed by atoms with E-state index < -0.39 is 38.9 Å². The summed E-state index contributed by atoms with van der Waals surface area (Å²) in [6.45, 7) is 0. The molecule has 3 aromatic carbocycles. The van der Waals surface area contributed by atoms with Crippen LogP contribution in [0.25, 0.3) is 11.4 Å². The first-order chi connectivity index (χ1) is 15.8. The SMILES string of the molecule is O=c1c(Nc2ccc(-c3noc(C(F)(F)Cl)n3)cc2)c(Nc2ccc(C(F)(F)F)c(Cl)c2)c1=O. The molecule has 0 saturated heterocycles. The molecule has 34 heavy (non-hydrogen) atoms. The van der Waals surface area contributed by atoms with Gasteiger partial charge in [0.1, 0.15) is 11.4 Å². The van der Waals surface area contributed by atoms with Crippen molar-refractivity contribution in [3.05, 3.63) is 79.4 Å². The maximum absolute atomic E-state index is 13.0. The lowest BCUT2D eigenvalue weighted by Gasteiger charge is -2.16. The highest BCUT2D eigenvalue weighted by Crippen LogP contribution is 2.37. The van der Waals surface area contributed by atoms with Gasteiger partial charge in [-0.05, 0) is 54.1 Å². The van der Waals surface area contributed by atoms with Crippen molar-refractivity contribution in [3.8, 4) is 11.4 Å². The van der Waals surface area contributed by atoms with Crippen LogP contribution in [0.1, 0.15) is 11.5 Å². The summed E-state index contributed by atoms with van der Waals surface area (Å²) in [6.07, 6.45) is -4.65. The topological polar surface area (TPSA) is 97.1 Å². The van der Waals surface area contributed by atoms with Gasteiger partial charge in [0.15, 0.2) is 0 Å².